The van der Waals surface area contributed by atoms with Crippen LogP contribution in [0.15, 0.2) is 24.3 Å². The van der Waals surface area contributed by atoms with Gasteiger partial charge in [-0.2, -0.15) is 0 Å². The van der Waals surface area contributed by atoms with Crippen LogP contribution in [0, 0.1) is 5.82 Å². The fourth-order valence-electron chi connectivity index (χ4n) is 2.65. The third kappa shape index (κ3) is 4.70. The first-order chi connectivity index (χ1) is 10.2. The van der Waals surface area contributed by atoms with Crippen molar-refractivity contribution in [3.05, 3.63) is 30.1 Å². The molecule has 0 bridgehead atoms. The minimum atomic E-state index is -0.267. The van der Waals surface area contributed by atoms with Crippen LogP contribution in [0.3, 0.4) is 0 Å². The number of esters is 1. The van der Waals surface area contributed by atoms with Crippen LogP contribution in [0.1, 0.15) is 25.7 Å². The molecule has 4 nitrogen and oxygen atoms in total. The van der Waals surface area contributed by atoms with E-state index in [2.05, 4.69) is 4.90 Å². The van der Waals surface area contributed by atoms with Gasteiger partial charge >= 0.3 is 5.97 Å². The van der Waals surface area contributed by atoms with Crippen molar-refractivity contribution in [1.82, 2.24) is 4.90 Å². The summed E-state index contributed by atoms with van der Waals surface area (Å²) in [6.07, 6.45) is 3.88. The summed E-state index contributed by atoms with van der Waals surface area (Å²) in [6, 6.07) is 5.89. The molecule has 0 unspecified atom stereocenters. The van der Waals surface area contributed by atoms with Crippen molar-refractivity contribution >= 4 is 5.97 Å². The molecule has 1 heterocycles. The third-order valence-corrected chi connectivity index (χ3v) is 3.76. The van der Waals surface area contributed by atoms with Crippen molar-refractivity contribution in [2.75, 3.05) is 26.8 Å². The normalized spacial score (nSPS) is 19.2. The number of hydrogen-bond acceptors (Lipinski definition) is 4. The largest absolute Gasteiger partial charge is 0.494 e. The predicted molar refractivity (Wildman–Crippen MR) is 77.7 cm³/mol. The highest BCUT2D eigenvalue weighted by Gasteiger charge is 2.28. The Balaban J connectivity index is 1.73. The molecule has 0 radical (unpaired) electrons. The summed E-state index contributed by atoms with van der Waals surface area (Å²) >= 11 is 0. The van der Waals surface area contributed by atoms with Gasteiger partial charge < -0.3 is 9.47 Å². The molecule has 1 aliphatic rings. The summed E-state index contributed by atoms with van der Waals surface area (Å²) in [5.41, 5.74) is 0. The maximum absolute atomic E-state index is 12.8. The Bertz CT molecular complexity index is 449. The van der Waals surface area contributed by atoms with Crippen LogP contribution in [-0.2, 0) is 9.53 Å². The SMILES string of the molecule is COC(=O)[C@H]1CCCCN1CCCOc1ccc(F)cc1. The molecule has 116 valence electrons. The Morgan fingerprint density at radius 3 is 2.81 bits per heavy atom. The average molecular weight is 295 g/mol. The molecule has 0 aromatic heterocycles. The van der Waals surface area contributed by atoms with Gasteiger partial charge in [0, 0.05) is 6.54 Å². The van der Waals surface area contributed by atoms with E-state index in [4.69, 9.17) is 9.47 Å². The van der Waals surface area contributed by atoms with Gasteiger partial charge in [0.25, 0.3) is 0 Å². The smallest absolute Gasteiger partial charge is 0.323 e. The predicted octanol–water partition coefficient (Wildman–Crippen LogP) is 2.62. The summed E-state index contributed by atoms with van der Waals surface area (Å²) < 4.78 is 23.2. The number of benzene rings is 1. The number of halogens is 1. The van der Waals surface area contributed by atoms with Crippen LogP contribution in [0.2, 0.25) is 0 Å². The van der Waals surface area contributed by atoms with Crippen molar-refractivity contribution in [3.8, 4) is 5.75 Å². The van der Waals surface area contributed by atoms with Gasteiger partial charge in [-0.15, -0.1) is 0 Å². The molecule has 1 aromatic rings. The summed E-state index contributed by atoms with van der Waals surface area (Å²) in [4.78, 5) is 13.9. The molecule has 1 atom stereocenters. The summed E-state index contributed by atoms with van der Waals surface area (Å²) in [7, 11) is 1.44. The summed E-state index contributed by atoms with van der Waals surface area (Å²) in [6.45, 7) is 2.29. The maximum Gasteiger partial charge on any atom is 0.323 e. The van der Waals surface area contributed by atoms with Gasteiger partial charge in [-0.25, -0.2) is 4.39 Å². The number of nitrogens with zero attached hydrogens (tertiary/aromatic N) is 1. The average Bonchev–Trinajstić information content (AvgIpc) is 2.53. The fourth-order valence-corrected chi connectivity index (χ4v) is 2.65. The molecule has 1 fully saturated rings. The second-order valence-electron chi connectivity index (χ2n) is 5.23. The van der Waals surface area contributed by atoms with Crippen molar-refractivity contribution < 1.29 is 18.7 Å². The van der Waals surface area contributed by atoms with Crippen molar-refractivity contribution in [1.29, 1.82) is 0 Å². The second kappa shape index (κ2) is 7.98. The van der Waals surface area contributed by atoms with Crippen LogP contribution in [0.5, 0.6) is 5.75 Å². The van der Waals surface area contributed by atoms with Crippen LogP contribution in [0.25, 0.3) is 0 Å². The molecule has 0 amide bonds. The van der Waals surface area contributed by atoms with E-state index in [1.807, 2.05) is 0 Å². The number of rotatable bonds is 6. The molecule has 1 aromatic carbocycles. The lowest BCUT2D eigenvalue weighted by atomic mass is 10.0. The molecular formula is C16H22FNO3. The van der Waals surface area contributed by atoms with E-state index in [1.165, 1.54) is 19.2 Å². The first-order valence-electron chi connectivity index (χ1n) is 7.41. The number of hydrogen-bond donors (Lipinski definition) is 0. The molecule has 0 saturated carbocycles. The summed E-state index contributed by atoms with van der Waals surface area (Å²) in [5, 5.41) is 0. The molecule has 0 spiro atoms. The van der Waals surface area contributed by atoms with Gasteiger partial charge in [-0.3, -0.25) is 9.69 Å². The Kier molecular flexibility index (Phi) is 5.99. The van der Waals surface area contributed by atoms with Crippen molar-refractivity contribution in [2.45, 2.75) is 31.7 Å². The number of piperidine rings is 1. The molecule has 2 rings (SSSR count). The van der Waals surface area contributed by atoms with Crippen LogP contribution < -0.4 is 4.74 Å². The topological polar surface area (TPSA) is 38.8 Å². The third-order valence-electron chi connectivity index (χ3n) is 3.76. The maximum atomic E-state index is 12.8. The van der Waals surface area contributed by atoms with E-state index in [0.29, 0.717) is 12.4 Å². The molecule has 1 aliphatic heterocycles. The lowest BCUT2D eigenvalue weighted by Crippen LogP contribution is -2.45. The Hall–Kier alpha value is -1.62. The van der Waals surface area contributed by atoms with Crippen molar-refractivity contribution in [3.63, 3.8) is 0 Å². The molecule has 1 saturated heterocycles. The first kappa shape index (κ1) is 15.8. The minimum absolute atomic E-state index is 0.116. The minimum Gasteiger partial charge on any atom is -0.494 e. The summed E-state index contributed by atoms with van der Waals surface area (Å²) in [5.74, 6) is 0.255. The number of carbonyl (C=O) groups excluding carboxylic acids is 1. The highest BCUT2D eigenvalue weighted by molar-refractivity contribution is 5.75. The van der Waals surface area contributed by atoms with E-state index in [0.717, 1.165) is 38.8 Å². The van der Waals surface area contributed by atoms with E-state index < -0.39 is 0 Å². The molecule has 5 heteroatoms. The molecule has 0 N–H and O–H groups in total. The second-order valence-corrected chi connectivity index (χ2v) is 5.23. The molecular weight excluding hydrogens is 273 g/mol. The molecule has 21 heavy (non-hydrogen) atoms. The van der Waals surface area contributed by atoms with Gasteiger partial charge in [0.05, 0.1) is 13.7 Å². The van der Waals surface area contributed by atoms with Crippen LogP contribution >= 0.6 is 0 Å². The lowest BCUT2D eigenvalue weighted by Gasteiger charge is -2.33. The zero-order chi connectivity index (χ0) is 15.1. The van der Waals surface area contributed by atoms with Crippen molar-refractivity contribution in [2.24, 2.45) is 0 Å². The lowest BCUT2D eigenvalue weighted by molar-refractivity contribution is -0.148. The van der Waals surface area contributed by atoms with Gasteiger partial charge in [0.15, 0.2) is 0 Å². The van der Waals surface area contributed by atoms with Gasteiger partial charge in [0.1, 0.15) is 17.6 Å². The quantitative estimate of drug-likeness (QED) is 0.597. The standard InChI is InChI=1S/C16H22FNO3/c1-20-16(19)15-5-2-3-10-18(15)11-4-12-21-14-8-6-13(17)7-9-14/h6-9,15H,2-5,10-12H2,1H3/t15-/m1/s1. The highest BCUT2D eigenvalue weighted by atomic mass is 19.1. The van der Waals surface area contributed by atoms with Crippen LogP contribution in [0.4, 0.5) is 4.39 Å². The molecule has 0 aliphatic carbocycles. The zero-order valence-corrected chi connectivity index (χ0v) is 12.4. The first-order valence-corrected chi connectivity index (χ1v) is 7.41. The Morgan fingerprint density at radius 1 is 1.33 bits per heavy atom. The van der Waals surface area contributed by atoms with Gasteiger partial charge in [-0.05, 0) is 50.1 Å². The van der Waals surface area contributed by atoms with Crippen LogP contribution in [-0.4, -0.2) is 43.7 Å². The van der Waals surface area contributed by atoms with E-state index in [1.54, 1.807) is 12.1 Å². The van der Waals surface area contributed by atoms with Gasteiger partial charge in [0.2, 0.25) is 0 Å². The number of likely N-dealkylation sites (tertiary alicyclic amines) is 1. The van der Waals surface area contributed by atoms with Gasteiger partial charge in [-0.1, -0.05) is 6.42 Å². The van der Waals surface area contributed by atoms with E-state index >= 15 is 0 Å². The fraction of sp³-hybridized carbons (Fsp3) is 0.562. The zero-order valence-electron chi connectivity index (χ0n) is 12.4. The highest BCUT2D eigenvalue weighted by Crippen LogP contribution is 2.18. The Labute approximate surface area is 124 Å². The van der Waals surface area contributed by atoms with E-state index in [9.17, 15) is 9.18 Å². The number of carbonyl (C=O) groups is 1. The Morgan fingerprint density at radius 2 is 2.10 bits per heavy atom. The number of methoxy groups -OCH3 is 1. The van der Waals surface area contributed by atoms with E-state index in [-0.39, 0.29) is 17.8 Å². The number of ether oxygens (including phenoxy) is 2. The monoisotopic (exact) mass is 295 g/mol.